The first-order valence-corrected chi connectivity index (χ1v) is 6.44. The van der Waals surface area contributed by atoms with E-state index in [1.165, 1.54) is 0 Å². The minimum absolute atomic E-state index is 0.769. The zero-order valence-electron chi connectivity index (χ0n) is 11.4. The number of hydrogen-bond donors (Lipinski definition) is 0. The van der Waals surface area contributed by atoms with Gasteiger partial charge in [-0.2, -0.15) is 0 Å². The Bertz CT molecular complexity index is 671. The minimum atomic E-state index is 0.769. The Balaban J connectivity index is 1.96. The van der Waals surface area contributed by atoms with E-state index in [1.807, 2.05) is 62.4 Å². The molecule has 0 radical (unpaired) electrons. The first kappa shape index (κ1) is 12.4. The smallest absolute Gasteiger partial charge is 0.111 e. The number of rotatable bonds is 2. The van der Waals surface area contributed by atoms with Gasteiger partial charge in [0, 0.05) is 11.4 Å². The van der Waals surface area contributed by atoms with Crippen molar-refractivity contribution in [2.24, 2.45) is 0 Å². The second-order valence-electron chi connectivity index (χ2n) is 4.63. The molecule has 3 aromatic rings. The predicted molar refractivity (Wildman–Crippen MR) is 78.0 cm³/mol. The molecule has 0 aromatic carbocycles. The van der Waals surface area contributed by atoms with Gasteiger partial charge in [0.05, 0.1) is 11.4 Å². The fraction of sp³-hybridized carbons (Fsp3) is 0.125. The van der Waals surface area contributed by atoms with E-state index in [4.69, 9.17) is 0 Å². The van der Waals surface area contributed by atoms with Gasteiger partial charge in [0.2, 0.25) is 0 Å². The number of nitrogens with zero attached hydrogens (tertiary/aromatic N) is 4. The number of pyridine rings is 2. The summed E-state index contributed by atoms with van der Waals surface area (Å²) >= 11 is 0. The summed E-state index contributed by atoms with van der Waals surface area (Å²) in [5.74, 6) is 0. The van der Waals surface area contributed by atoms with Crippen molar-refractivity contribution in [1.82, 2.24) is 20.2 Å². The number of hydrogen-bond acceptors (Lipinski definition) is 4. The third kappa shape index (κ3) is 2.54. The predicted octanol–water partition coefficient (Wildman–Crippen LogP) is 3.22. The Morgan fingerprint density at radius 2 is 1.00 bits per heavy atom. The largest absolute Gasteiger partial charge is 0.251 e. The van der Waals surface area contributed by atoms with Gasteiger partial charge in [-0.05, 0) is 50.2 Å². The summed E-state index contributed by atoms with van der Waals surface area (Å²) in [5, 5.41) is 8.49. The van der Waals surface area contributed by atoms with Crippen molar-refractivity contribution in [3.63, 3.8) is 0 Å². The zero-order valence-corrected chi connectivity index (χ0v) is 11.4. The van der Waals surface area contributed by atoms with Crippen molar-refractivity contribution < 1.29 is 0 Å². The van der Waals surface area contributed by atoms with Gasteiger partial charge >= 0.3 is 0 Å². The van der Waals surface area contributed by atoms with Crippen LogP contribution in [0.2, 0.25) is 0 Å². The molecule has 0 N–H and O–H groups in total. The molecule has 3 heterocycles. The van der Waals surface area contributed by atoms with Crippen LogP contribution in [0.4, 0.5) is 0 Å². The molecule has 98 valence electrons. The Morgan fingerprint density at radius 3 is 1.35 bits per heavy atom. The van der Waals surface area contributed by atoms with Gasteiger partial charge in [-0.25, -0.2) is 0 Å². The molecule has 0 aliphatic rings. The summed E-state index contributed by atoms with van der Waals surface area (Å²) in [5.41, 5.74) is 5.14. The summed E-state index contributed by atoms with van der Waals surface area (Å²) in [6, 6.07) is 15.6. The molecule has 0 amide bonds. The molecule has 0 saturated carbocycles. The van der Waals surface area contributed by atoms with Crippen molar-refractivity contribution in [2.75, 3.05) is 0 Å². The molecule has 4 nitrogen and oxygen atoms in total. The first-order chi connectivity index (χ1) is 9.72. The van der Waals surface area contributed by atoms with Crippen LogP contribution in [0.1, 0.15) is 11.4 Å². The Kier molecular flexibility index (Phi) is 3.21. The molecule has 20 heavy (non-hydrogen) atoms. The Morgan fingerprint density at radius 1 is 0.550 bits per heavy atom. The van der Waals surface area contributed by atoms with Gasteiger partial charge < -0.3 is 0 Å². The van der Waals surface area contributed by atoms with Crippen LogP contribution < -0.4 is 0 Å². The van der Waals surface area contributed by atoms with E-state index in [0.717, 1.165) is 34.2 Å². The second-order valence-corrected chi connectivity index (χ2v) is 4.63. The van der Waals surface area contributed by atoms with E-state index in [1.54, 1.807) is 0 Å². The van der Waals surface area contributed by atoms with Gasteiger partial charge in [-0.1, -0.05) is 12.1 Å². The van der Waals surface area contributed by atoms with Crippen LogP contribution in [-0.4, -0.2) is 20.2 Å². The monoisotopic (exact) mass is 262 g/mol. The third-order valence-corrected chi connectivity index (χ3v) is 2.97. The molecule has 0 fully saturated rings. The van der Waals surface area contributed by atoms with Crippen molar-refractivity contribution in [3.8, 4) is 22.8 Å². The quantitative estimate of drug-likeness (QED) is 0.711. The van der Waals surface area contributed by atoms with Gasteiger partial charge in [0.15, 0.2) is 0 Å². The van der Waals surface area contributed by atoms with Crippen LogP contribution in [-0.2, 0) is 0 Å². The van der Waals surface area contributed by atoms with Gasteiger partial charge in [-0.15, -0.1) is 10.2 Å². The lowest BCUT2D eigenvalue weighted by molar-refractivity contribution is 1.02. The number of aryl methyl sites for hydroxylation is 2. The van der Waals surface area contributed by atoms with Crippen LogP contribution in [0.5, 0.6) is 0 Å². The highest BCUT2D eigenvalue weighted by Gasteiger charge is 2.05. The summed E-state index contributed by atoms with van der Waals surface area (Å²) in [4.78, 5) is 8.88. The van der Waals surface area contributed by atoms with Crippen LogP contribution in [0, 0.1) is 13.8 Å². The van der Waals surface area contributed by atoms with E-state index >= 15 is 0 Å². The fourth-order valence-corrected chi connectivity index (χ4v) is 1.98. The minimum Gasteiger partial charge on any atom is -0.251 e. The molecule has 0 atom stereocenters. The maximum Gasteiger partial charge on any atom is 0.111 e. The lowest BCUT2D eigenvalue weighted by atomic mass is 10.2. The Hall–Kier alpha value is -2.62. The van der Waals surface area contributed by atoms with Crippen molar-refractivity contribution in [3.05, 3.63) is 59.9 Å². The molecule has 0 unspecified atom stereocenters. The van der Waals surface area contributed by atoms with Crippen LogP contribution in [0.15, 0.2) is 48.5 Å². The van der Waals surface area contributed by atoms with Gasteiger partial charge in [-0.3, -0.25) is 9.97 Å². The van der Waals surface area contributed by atoms with Crippen LogP contribution in [0.25, 0.3) is 22.8 Å². The summed E-state index contributed by atoms with van der Waals surface area (Å²) in [6.45, 7) is 3.92. The molecular formula is C16H14N4. The van der Waals surface area contributed by atoms with Crippen LogP contribution in [0.3, 0.4) is 0 Å². The van der Waals surface area contributed by atoms with Crippen molar-refractivity contribution >= 4 is 0 Å². The number of aromatic nitrogens is 4. The highest BCUT2D eigenvalue weighted by atomic mass is 15.1. The maximum atomic E-state index is 4.44. The average molecular weight is 262 g/mol. The lowest BCUT2D eigenvalue weighted by Crippen LogP contribution is -1.95. The topological polar surface area (TPSA) is 51.6 Å². The van der Waals surface area contributed by atoms with E-state index < -0.39 is 0 Å². The summed E-state index contributed by atoms with van der Waals surface area (Å²) in [6.07, 6.45) is 0. The summed E-state index contributed by atoms with van der Waals surface area (Å²) < 4.78 is 0. The van der Waals surface area contributed by atoms with Crippen molar-refractivity contribution in [1.29, 1.82) is 0 Å². The average Bonchev–Trinajstić information content (AvgIpc) is 2.47. The molecule has 0 spiro atoms. The lowest BCUT2D eigenvalue weighted by Gasteiger charge is -2.03. The fourth-order valence-electron chi connectivity index (χ4n) is 1.98. The SMILES string of the molecule is Cc1cccc(-c2ccc(-c3cccc(C)n3)nn2)n1. The van der Waals surface area contributed by atoms with Gasteiger partial charge in [0.1, 0.15) is 11.4 Å². The van der Waals surface area contributed by atoms with Crippen molar-refractivity contribution in [2.45, 2.75) is 13.8 Å². The third-order valence-electron chi connectivity index (χ3n) is 2.97. The van der Waals surface area contributed by atoms with E-state index in [0.29, 0.717) is 0 Å². The Labute approximate surface area is 117 Å². The van der Waals surface area contributed by atoms with E-state index in [2.05, 4.69) is 20.2 Å². The molecule has 0 aliphatic heterocycles. The van der Waals surface area contributed by atoms with E-state index in [-0.39, 0.29) is 0 Å². The summed E-state index contributed by atoms with van der Waals surface area (Å²) in [7, 11) is 0. The normalized spacial score (nSPS) is 10.5. The zero-order chi connectivity index (χ0) is 13.9. The highest BCUT2D eigenvalue weighted by Crippen LogP contribution is 2.18. The molecule has 0 bridgehead atoms. The standard InChI is InChI=1S/C16H14N4/c1-11-5-3-7-13(17-11)15-9-10-16(20-19-15)14-8-4-6-12(2)18-14/h3-10H,1-2H3. The van der Waals surface area contributed by atoms with Crippen LogP contribution >= 0.6 is 0 Å². The molecule has 0 aliphatic carbocycles. The first-order valence-electron chi connectivity index (χ1n) is 6.44. The molecular weight excluding hydrogens is 248 g/mol. The maximum absolute atomic E-state index is 4.44. The highest BCUT2D eigenvalue weighted by molar-refractivity contribution is 5.59. The molecule has 4 heteroatoms. The molecule has 0 saturated heterocycles. The molecule has 3 rings (SSSR count). The van der Waals surface area contributed by atoms with E-state index in [9.17, 15) is 0 Å². The second kappa shape index (κ2) is 5.17. The van der Waals surface area contributed by atoms with Gasteiger partial charge in [0.25, 0.3) is 0 Å². The molecule has 3 aromatic heterocycles.